The van der Waals surface area contributed by atoms with E-state index < -0.39 is 0 Å². The first-order valence-corrected chi connectivity index (χ1v) is 11.8. The molecule has 1 heterocycles. The summed E-state index contributed by atoms with van der Waals surface area (Å²) in [4.78, 5) is 15.4. The third-order valence-corrected chi connectivity index (χ3v) is 6.60. The van der Waals surface area contributed by atoms with Gasteiger partial charge in [-0.1, -0.05) is 96.5 Å². The van der Waals surface area contributed by atoms with Gasteiger partial charge >= 0.3 is 0 Å². The Morgan fingerprint density at radius 3 is 2.44 bits per heavy atom. The smallest absolute Gasteiger partial charge is 0.257 e. The molecule has 1 aliphatic rings. The molecule has 170 valence electrons. The van der Waals surface area contributed by atoms with Crippen molar-refractivity contribution in [2.75, 3.05) is 13.6 Å². The minimum Gasteiger partial charge on any atom is -0.293 e. The number of carbonyl (C=O) groups is 1. The van der Waals surface area contributed by atoms with Crippen LogP contribution in [0.25, 0.3) is 10.8 Å². The van der Waals surface area contributed by atoms with Gasteiger partial charge in [0.05, 0.1) is 18.3 Å². The molecule has 34 heavy (non-hydrogen) atoms. The van der Waals surface area contributed by atoms with Crippen molar-refractivity contribution in [2.24, 2.45) is 5.10 Å². The van der Waals surface area contributed by atoms with Gasteiger partial charge in [-0.25, -0.2) is 5.01 Å². The molecule has 0 spiro atoms. The lowest BCUT2D eigenvalue weighted by Crippen LogP contribution is -2.36. The number of nitrogens with zero attached hydrogens (tertiary/aromatic N) is 3. The number of carbonyl (C=O) groups excluding carboxylic acids is 1. The first kappa shape index (κ1) is 22.3. The average molecular weight is 468 g/mol. The summed E-state index contributed by atoms with van der Waals surface area (Å²) in [5.74, 6) is -0.0285. The number of amides is 1. The van der Waals surface area contributed by atoms with Crippen LogP contribution < -0.4 is 0 Å². The van der Waals surface area contributed by atoms with Crippen LogP contribution in [0.2, 0.25) is 5.02 Å². The first-order chi connectivity index (χ1) is 16.6. The van der Waals surface area contributed by atoms with E-state index in [1.807, 2.05) is 66.5 Å². The van der Waals surface area contributed by atoms with Crippen LogP contribution in [-0.4, -0.2) is 35.1 Å². The number of hydrogen-bond donors (Lipinski definition) is 0. The zero-order valence-corrected chi connectivity index (χ0v) is 19.8. The highest BCUT2D eigenvalue weighted by Crippen LogP contribution is 2.33. The molecule has 1 atom stereocenters. The Hall–Kier alpha value is -3.47. The molecule has 0 radical (unpaired) electrons. The number of hydrazone groups is 1. The third-order valence-electron chi connectivity index (χ3n) is 6.24. The Labute approximate surface area is 205 Å². The van der Waals surface area contributed by atoms with E-state index in [9.17, 15) is 4.79 Å². The standard InChI is InChI=1S/C29H26ClN3O/c1-32(19-25-13-7-8-14-26(25)30)20-29(34)33-28(22-10-3-2-4-11-22)18-27(31-33)24-16-15-21-9-5-6-12-23(21)17-24/h2-17,28H,18-20H2,1H3/t28-/m1/s1. The van der Waals surface area contributed by atoms with Crippen molar-refractivity contribution in [3.8, 4) is 0 Å². The number of likely N-dealkylation sites (N-methyl/N-ethyl adjacent to an activating group) is 1. The van der Waals surface area contributed by atoms with Crippen LogP contribution in [0, 0.1) is 0 Å². The zero-order chi connectivity index (χ0) is 23.5. The van der Waals surface area contributed by atoms with Crippen molar-refractivity contribution >= 4 is 34.0 Å². The maximum atomic E-state index is 13.4. The predicted octanol–water partition coefficient (Wildman–Crippen LogP) is 6.30. The zero-order valence-electron chi connectivity index (χ0n) is 19.1. The molecule has 0 fully saturated rings. The molecule has 4 nitrogen and oxygen atoms in total. The molecule has 5 heteroatoms. The molecule has 1 aliphatic heterocycles. The monoisotopic (exact) mass is 467 g/mol. The molecule has 0 saturated heterocycles. The van der Waals surface area contributed by atoms with E-state index in [2.05, 4.69) is 42.5 Å². The van der Waals surface area contributed by atoms with E-state index in [4.69, 9.17) is 16.7 Å². The van der Waals surface area contributed by atoms with Crippen LogP contribution in [0.1, 0.15) is 29.2 Å². The van der Waals surface area contributed by atoms with Crippen molar-refractivity contribution in [1.29, 1.82) is 0 Å². The molecule has 0 unspecified atom stereocenters. The fourth-order valence-corrected chi connectivity index (χ4v) is 4.69. The number of halogens is 1. The Bertz CT molecular complexity index is 1350. The highest BCUT2D eigenvalue weighted by atomic mass is 35.5. The lowest BCUT2D eigenvalue weighted by molar-refractivity contribution is -0.134. The quantitative estimate of drug-likeness (QED) is 0.333. The van der Waals surface area contributed by atoms with E-state index in [-0.39, 0.29) is 18.5 Å². The number of fused-ring (bicyclic) bond motifs is 1. The van der Waals surface area contributed by atoms with E-state index in [1.54, 1.807) is 5.01 Å². The fraction of sp³-hybridized carbons (Fsp3) is 0.172. The predicted molar refractivity (Wildman–Crippen MR) is 139 cm³/mol. The van der Waals surface area contributed by atoms with Gasteiger partial charge in [-0.3, -0.25) is 9.69 Å². The maximum absolute atomic E-state index is 13.4. The van der Waals surface area contributed by atoms with Crippen molar-refractivity contribution in [3.05, 3.63) is 119 Å². The summed E-state index contributed by atoms with van der Waals surface area (Å²) in [5.41, 5.74) is 4.08. The van der Waals surface area contributed by atoms with Gasteiger partial charge < -0.3 is 0 Å². The van der Waals surface area contributed by atoms with Crippen molar-refractivity contribution < 1.29 is 4.79 Å². The molecule has 4 aromatic rings. The van der Waals surface area contributed by atoms with Gasteiger partial charge in [0.25, 0.3) is 5.91 Å². The van der Waals surface area contributed by atoms with Crippen LogP contribution >= 0.6 is 11.6 Å². The van der Waals surface area contributed by atoms with Gasteiger partial charge in [0.15, 0.2) is 0 Å². The second-order valence-electron chi connectivity index (χ2n) is 8.74. The minimum atomic E-state index is -0.121. The summed E-state index contributed by atoms with van der Waals surface area (Å²) in [6.45, 7) is 0.847. The third kappa shape index (κ3) is 4.74. The molecule has 0 saturated carbocycles. The van der Waals surface area contributed by atoms with Gasteiger partial charge in [-0.2, -0.15) is 5.10 Å². The van der Waals surface area contributed by atoms with E-state index >= 15 is 0 Å². The lowest BCUT2D eigenvalue weighted by Gasteiger charge is -2.25. The number of hydrogen-bond acceptors (Lipinski definition) is 3. The number of rotatable bonds is 6. The van der Waals surface area contributed by atoms with Crippen LogP contribution in [-0.2, 0) is 11.3 Å². The lowest BCUT2D eigenvalue weighted by atomic mass is 9.97. The van der Waals surface area contributed by atoms with Crippen LogP contribution in [0.4, 0.5) is 0 Å². The molecular formula is C29H26ClN3O. The van der Waals surface area contributed by atoms with Crippen molar-refractivity contribution in [1.82, 2.24) is 9.91 Å². The van der Waals surface area contributed by atoms with Gasteiger partial charge in [0.1, 0.15) is 0 Å². The maximum Gasteiger partial charge on any atom is 0.257 e. The highest BCUT2D eigenvalue weighted by molar-refractivity contribution is 6.31. The van der Waals surface area contributed by atoms with E-state index in [0.29, 0.717) is 18.0 Å². The average Bonchev–Trinajstić information content (AvgIpc) is 3.31. The largest absolute Gasteiger partial charge is 0.293 e. The SMILES string of the molecule is CN(CC(=O)N1N=C(c2ccc3ccccc3c2)C[C@@H]1c1ccccc1)Cc1ccccc1Cl. The molecule has 0 aromatic heterocycles. The second kappa shape index (κ2) is 9.80. The van der Waals surface area contributed by atoms with Crippen LogP contribution in [0.15, 0.2) is 102 Å². The summed E-state index contributed by atoms with van der Waals surface area (Å²) < 4.78 is 0. The van der Waals surface area contributed by atoms with E-state index in [1.165, 1.54) is 10.8 Å². The number of benzene rings is 4. The summed E-state index contributed by atoms with van der Waals surface area (Å²) in [7, 11) is 1.93. The first-order valence-electron chi connectivity index (χ1n) is 11.4. The Kier molecular flexibility index (Phi) is 6.43. The molecule has 0 bridgehead atoms. The van der Waals surface area contributed by atoms with Crippen LogP contribution in [0.3, 0.4) is 0 Å². The highest BCUT2D eigenvalue weighted by Gasteiger charge is 2.33. The van der Waals surface area contributed by atoms with Crippen molar-refractivity contribution in [2.45, 2.75) is 19.0 Å². The molecular weight excluding hydrogens is 442 g/mol. The molecule has 0 aliphatic carbocycles. The van der Waals surface area contributed by atoms with Gasteiger partial charge in [-0.05, 0) is 46.6 Å². The molecule has 0 N–H and O–H groups in total. The van der Waals surface area contributed by atoms with Crippen molar-refractivity contribution in [3.63, 3.8) is 0 Å². The Morgan fingerprint density at radius 1 is 0.941 bits per heavy atom. The molecule has 1 amide bonds. The van der Waals surface area contributed by atoms with Gasteiger partial charge in [0.2, 0.25) is 0 Å². The Morgan fingerprint density at radius 2 is 1.65 bits per heavy atom. The molecule has 5 rings (SSSR count). The summed E-state index contributed by atoms with van der Waals surface area (Å²) >= 11 is 6.32. The van der Waals surface area contributed by atoms with Gasteiger partial charge in [-0.15, -0.1) is 0 Å². The Balaban J connectivity index is 1.41. The summed E-state index contributed by atoms with van der Waals surface area (Å²) in [6, 6.07) is 32.4. The topological polar surface area (TPSA) is 35.9 Å². The minimum absolute atomic E-state index is 0.0285. The fourth-order valence-electron chi connectivity index (χ4n) is 4.50. The normalized spacial score (nSPS) is 15.7. The second-order valence-corrected chi connectivity index (χ2v) is 9.15. The van der Waals surface area contributed by atoms with Crippen LogP contribution in [0.5, 0.6) is 0 Å². The summed E-state index contributed by atoms with van der Waals surface area (Å²) in [6.07, 6.45) is 0.683. The summed E-state index contributed by atoms with van der Waals surface area (Å²) in [5, 5.41) is 9.59. The molecule has 4 aromatic carbocycles. The van der Waals surface area contributed by atoms with E-state index in [0.717, 1.165) is 22.4 Å². The van der Waals surface area contributed by atoms with Gasteiger partial charge in [0, 0.05) is 18.0 Å².